The molecule has 0 bridgehead atoms. The normalized spacial score (nSPS) is 11.1. The van der Waals surface area contributed by atoms with Crippen LogP contribution in [0, 0.1) is 0 Å². The third kappa shape index (κ3) is 5.22. The van der Waals surface area contributed by atoms with E-state index in [4.69, 9.17) is 9.47 Å². The van der Waals surface area contributed by atoms with Gasteiger partial charge in [0.2, 0.25) is 6.29 Å². The zero-order chi connectivity index (χ0) is 14.0. The Labute approximate surface area is 120 Å². The Morgan fingerprint density at radius 3 is 1.65 bits per heavy atom. The van der Waals surface area contributed by atoms with Crippen molar-refractivity contribution in [3.63, 3.8) is 0 Å². The molecule has 0 aliphatic carbocycles. The first-order chi connectivity index (χ1) is 9.88. The van der Waals surface area contributed by atoms with Gasteiger partial charge >= 0.3 is 8.46 Å². The van der Waals surface area contributed by atoms with E-state index in [1.165, 1.54) is 0 Å². The maximum absolute atomic E-state index is 10.8. The van der Waals surface area contributed by atoms with Gasteiger partial charge in [0, 0.05) is 0 Å². The maximum Gasteiger partial charge on any atom is 0.330 e. The summed E-state index contributed by atoms with van der Waals surface area (Å²) in [7, 11) is -0.427. The van der Waals surface area contributed by atoms with Crippen molar-refractivity contribution in [3.05, 3.63) is 71.8 Å². The second-order valence-corrected chi connectivity index (χ2v) is 5.07. The summed E-state index contributed by atoms with van der Waals surface area (Å²) in [5.74, 6) is 0. The van der Waals surface area contributed by atoms with Crippen LogP contribution in [0.1, 0.15) is 11.1 Å². The molecule has 0 fully saturated rings. The molecule has 4 heteroatoms. The second-order valence-electron chi connectivity index (χ2n) is 4.37. The highest BCUT2D eigenvalue weighted by Crippen LogP contribution is 2.11. The van der Waals surface area contributed by atoms with E-state index in [1.54, 1.807) is 0 Å². The van der Waals surface area contributed by atoms with Crippen molar-refractivity contribution in [2.45, 2.75) is 19.5 Å². The third-order valence-corrected chi connectivity index (χ3v) is 3.31. The Balaban J connectivity index is 1.82. The van der Waals surface area contributed by atoms with Crippen LogP contribution in [0.2, 0.25) is 0 Å². The lowest BCUT2D eigenvalue weighted by Gasteiger charge is -2.14. The first kappa shape index (κ1) is 14.9. The third-order valence-electron chi connectivity index (χ3n) is 2.81. The van der Waals surface area contributed by atoms with E-state index in [9.17, 15) is 4.57 Å². The van der Waals surface area contributed by atoms with Crippen LogP contribution >= 0.6 is 8.46 Å². The van der Waals surface area contributed by atoms with Crippen molar-refractivity contribution in [1.29, 1.82) is 0 Å². The molecular weight excluding hydrogens is 271 g/mol. The standard InChI is InChI=1S/C16H17O3P/c17-20-13-16(18-11-14-7-3-1-4-8-14)19-12-15-9-5-2-6-10-15/h1-10,16H,11-13H2/p+1. The van der Waals surface area contributed by atoms with Gasteiger partial charge < -0.3 is 9.47 Å². The molecule has 2 aromatic carbocycles. The van der Waals surface area contributed by atoms with Gasteiger partial charge in [-0.3, -0.25) is 0 Å². The zero-order valence-electron chi connectivity index (χ0n) is 11.2. The SMILES string of the molecule is O=[PH+]CC(OCc1ccccc1)OCc1ccccc1. The van der Waals surface area contributed by atoms with Gasteiger partial charge in [0.15, 0.2) is 6.16 Å². The van der Waals surface area contributed by atoms with Gasteiger partial charge in [-0.05, 0) is 11.1 Å². The fraction of sp³-hybridized carbons (Fsp3) is 0.250. The molecule has 3 nitrogen and oxygen atoms in total. The van der Waals surface area contributed by atoms with Crippen LogP contribution in [0.25, 0.3) is 0 Å². The van der Waals surface area contributed by atoms with Crippen molar-refractivity contribution < 1.29 is 14.0 Å². The Morgan fingerprint density at radius 2 is 1.25 bits per heavy atom. The average Bonchev–Trinajstić information content (AvgIpc) is 2.52. The summed E-state index contributed by atoms with van der Waals surface area (Å²) >= 11 is 0. The number of hydrogen-bond donors (Lipinski definition) is 0. The summed E-state index contributed by atoms with van der Waals surface area (Å²) in [6, 6.07) is 19.8. The van der Waals surface area contributed by atoms with Crippen LogP contribution in [0.3, 0.4) is 0 Å². The van der Waals surface area contributed by atoms with E-state index in [0.717, 1.165) is 11.1 Å². The van der Waals surface area contributed by atoms with Gasteiger partial charge in [0.05, 0.1) is 13.2 Å². The first-order valence-corrected chi connectivity index (χ1v) is 7.66. The van der Waals surface area contributed by atoms with E-state index >= 15 is 0 Å². The summed E-state index contributed by atoms with van der Waals surface area (Å²) in [6.07, 6.45) is -0.0501. The Bertz CT molecular complexity index is 458. The summed E-state index contributed by atoms with van der Waals surface area (Å²) in [6.45, 7) is 0.926. The van der Waals surface area contributed by atoms with Crippen LogP contribution in [0.15, 0.2) is 60.7 Å². The molecule has 2 aromatic rings. The molecule has 0 N–H and O–H groups in total. The molecule has 2 rings (SSSR count). The molecule has 0 saturated heterocycles. The summed E-state index contributed by atoms with van der Waals surface area (Å²) in [5.41, 5.74) is 2.16. The lowest BCUT2D eigenvalue weighted by Crippen LogP contribution is -2.19. The molecule has 0 heterocycles. The minimum Gasteiger partial charge on any atom is -0.344 e. The highest BCUT2D eigenvalue weighted by atomic mass is 31.1. The van der Waals surface area contributed by atoms with Crippen LogP contribution in [0.4, 0.5) is 0 Å². The van der Waals surface area contributed by atoms with E-state index in [2.05, 4.69) is 0 Å². The molecule has 0 aromatic heterocycles. The predicted octanol–water partition coefficient (Wildman–Crippen LogP) is 3.77. The van der Waals surface area contributed by atoms with Gasteiger partial charge in [0.1, 0.15) is 0 Å². The Kier molecular flexibility index (Phi) is 6.39. The first-order valence-electron chi connectivity index (χ1n) is 6.54. The molecule has 0 radical (unpaired) electrons. The second kappa shape index (κ2) is 8.60. The monoisotopic (exact) mass is 289 g/mol. The van der Waals surface area contributed by atoms with Crippen LogP contribution in [-0.2, 0) is 27.3 Å². The number of benzene rings is 2. The highest BCUT2D eigenvalue weighted by molar-refractivity contribution is 7.23. The van der Waals surface area contributed by atoms with Crippen molar-refractivity contribution in [2.75, 3.05) is 6.16 Å². The van der Waals surface area contributed by atoms with Crippen molar-refractivity contribution in [3.8, 4) is 0 Å². The fourth-order valence-corrected chi connectivity index (χ4v) is 2.13. The predicted molar refractivity (Wildman–Crippen MR) is 80.1 cm³/mol. The average molecular weight is 289 g/mol. The molecule has 1 unspecified atom stereocenters. The Morgan fingerprint density at radius 1 is 0.800 bits per heavy atom. The molecule has 0 amide bonds. The molecular formula is C16H18O3P+. The number of ether oxygens (including phenoxy) is 2. The van der Waals surface area contributed by atoms with Gasteiger partial charge in [0.25, 0.3) is 0 Å². The van der Waals surface area contributed by atoms with E-state index in [1.807, 2.05) is 60.7 Å². The molecule has 0 aliphatic heterocycles. The Hall–Kier alpha value is -1.54. The van der Waals surface area contributed by atoms with Crippen molar-refractivity contribution in [1.82, 2.24) is 0 Å². The van der Waals surface area contributed by atoms with Crippen LogP contribution in [0.5, 0.6) is 0 Å². The van der Waals surface area contributed by atoms with E-state index in [-0.39, 0.29) is 0 Å². The molecule has 0 spiro atoms. The smallest absolute Gasteiger partial charge is 0.330 e. The number of rotatable bonds is 8. The highest BCUT2D eigenvalue weighted by Gasteiger charge is 2.14. The summed E-state index contributed by atoms with van der Waals surface area (Å²) in [4.78, 5) is 0. The van der Waals surface area contributed by atoms with Gasteiger partial charge in [-0.2, -0.15) is 0 Å². The van der Waals surface area contributed by atoms with Crippen LogP contribution in [-0.4, -0.2) is 12.5 Å². The van der Waals surface area contributed by atoms with Gasteiger partial charge in [-0.25, -0.2) is 0 Å². The maximum atomic E-state index is 10.8. The molecule has 20 heavy (non-hydrogen) atoms. The minimum absolute atomic E-state index is 0.389. The van der Waals surface area contributed by atoms with E-state index < -0.39 is 14.8 Å². The minimum atomic E-state index is -0.439. The topological polar surface area (TPSA) is 35.5 Å². The largest absolute Gasteiger partial charge is 0.344 e. The fourth-order valence-electron chi connectivity index (χ4n) is 1.76. The molecule has 1 atom stereocenters. The van der Waals surface area contributed by atoms with Crippen molar-refractivity contribution in [2.24, 2.45) is 0 Å². The quantitative estimate of drug-likeness (QED) is 0.548. The zero-order valence-corrected chi connectivity index (χ0v) is 12.2. The van der Waals surface area contributed by atoms with Gasteiger partial charge in [-0.15, -0.1) is 0 Å². The van der Waals surface area contributed by atoms with Crippen LogP contribution < -0.4 is 0 Å². The molecule has 0 saturated carbocycles. The molecule has 104 valence electrons. The van der Waals surface area contributed by atoms with E-state index in [0.29, 0.717) is 19.4 Å². The summed E-state index contributed by atoms with van der Waals surface area (Å²) < 4.78 is 22.2. The summed E-state index contributed by atoms with van der Waals surface area (Å²) in [5, 5.41) is 0. The lowest BCUT2D eigenvalue weighted by molar-refractivity contribution is -0.142. The van der Waals surface area contributed by atoms with Gasteiger partial charge in [-0.1, -0.05) is 65.2 Å². The number of hydrogen-bond acceptors (Lipinski definition) is 3. The van der Waals surface area contributed by atoms with Crippen molar-refractivity contribution >= 4 is 8.46 Å². The lowest BCUT2D eigenvalue weighted by atomic mass is 10.2. The molecule has 0 aliphatic rings.